The molecule has 1 aliphatic rings. The van der Waals surface area contributed by atoms with Gasteiger partial charge in [-0.15, -0.1) is 0 Å². The Labute approximate surface area is 159 Å². The average molecular weight is 385 g/mol. The Balaban J connectivity index is 2.79. The van der Waals surface area contributed by atoms with E-state index in [1.807, 2.05) is 13.8 Å². The maximum absolute atomic E-state index is 12.7. The second kappa shape index (κ2) is 9.57. The van der Waals surface area contributed by atoms with Crippen LogP contribution in [-0.4, -0.2) is 64.7 Å². The molecule has 9 heteroatoms. The number of nitrogens with zero attached hydrogens (tertiary/aromatic N) is 1. The highest BCUT2D eigenvalue weighted by molar-refractivity contribution is 5.92. The average Bonchev–Trinajstić information content (AvgIpc) is 2.99. The fourth-order valence-electron chi connectivity index (χ4n) is 2.84. The Kier molecular flexibility index (Phi) is 8.05. The number of hydrogen-bond donors (Lipinski definition) is 3. The molecule has 0 bridgehead atoms. The van der Waals surface area contributed by atoms with Gasteiger partial charge < -0.3 is 20.5 Å². The summed E-state index contributed by atoms with van der Waals surface area (Å²) in [4.78, 5) is 49.3. The zero-order chi connectivity index (χ0) is 20.8. The minimum atomic E-state index is -1.16. The molecule has 27 heavy (non-hydrogen) atoms. The maximum Gasteiger partial charge on any atom is 0.410 e. The quantitative estimate of drug-likeness (QED) is 0.603. The standard InChI is InChI=1S/C18H31N3O6/c1-11(2)9-12(15(24)19-10-14(22)23)20-16(25)13-7-6-8-21(13)17(26)27-18(3,4)5/h11-13H,6-10H2,1-5H3,(H,19,24)(H,20,25)(H,22,23)/t12-,13-/m0/s1. The third kappa shape index (κ3) is 7.84. The molecule has 1 fully saturated rings. The first-order chi connectivity index (χ1) is 12.4. The van der Waals surface area contributed by atoms with E-state index in [-0.39, 0.29) is 5.92 Å². The molecule has 0 aromatic heterocycles. The van der Waals surface area contributed by atoms with E-state index in [1.165, 1.54) is 4.90 Å². The van der Waals surface area contributed by atoms with Crippen molar-refractivity contribution in [1.82, 2.24) is 15.5 Å². The van der Waals surface area contributed by atoms with Crippen molar-refractivity contribution in [1.29, 1.82) is 0 Å². The van der Waals surface area contributed by atoms with Crippen LogP contribution in [0.25, 0.3) is 0 Å². The molecule has 1 aliphatic heterocycles. The van der Waals surface area contributed by atoms with Crippen LogP contribution < -0.4 is 10.6 Å². The number of carboxylic acid groups (broad SMARTS) is 1. The van der Waals surface area contributed by atoms with E-state index < -0.39 is 48.1 Å². The molecule has 154 valence electrons. The van der Waals surface area contributed by atoms with Crippen LogP contribution in [-0.2, 0) is 19.1 Å². The smallest absolute Gasteiger partial charge is 0.410 e. The van der Waals surface area contributed by atoms with Crippen molar-refractivity contribution in [2.45, 2.75) is 71.6 Å². The molecule has 0 aromatic rings. The lowest BCUT2D eigenvalue weighted by Gasteiger charge is -2.29. The highest BCUT2D eigenvalue weighted by Crippen LogP contribution is 2.21. The van der Waals surface area contributed by atoms with Crippen LogP contribution >= 0.6 is 0 Å². The third-order valence-corrected chi connectivity index (χ3v) is 3.94. The Morgan fingerprint density at radius 1 is 1.22 bits per heavy atom. The zero-order valence-electron chi connectivity index (χ0n) is 16.7. The van der Waals surface area contributed by atoms with Crippen molar-refractivity contribution in [3.63, 3.8) is 0 Å². The molecule has 0 spiro atoms. The number of carboxylic acids is 1. The molecule has 3 amide bonds. The Bertz CT molecular complexity index is 570. The first kappa shape index (κ1) is 22.7. The molecular weight excluding hydrogens is 354 g/mol. The number of carbonyl (C=O) groups is 4. The summed E-state index contributed by atoms with van der Waals surface area (Å²) in [5, 5.41) is 13.7. The van der Waals surface area contributed by atoms with Crippen LogP contribution in [0.5, 0.6) is 0 Å². The Morgan fingerprint density at radius 3 is 2.37 bits per heavy atom. The molecule has 1 heterocycles. The number of nitrogens with one attached hydrogen (secondary N) is 2. The van der Waals surface area contributed by atoms with E-state index in [2.05, 4.69) is 10.6 Å². The van der Waals surface area contributed by atoms with Gasteiger partial charge in [0.05, 0.1) is 0 Å². The summed E-state index contributed by atoms with van der Waals surface area (Å²) in [5.41, 5.74) is -0.669. The van der Waals surface area contributed by atoms with Gasteiger partial charge in [-0.05, 0) is 46.0 Å². The van der Waals surface area contributed by atoms with Crippen LogP contribution in [0.15, 0.2) is 0 Å². The second-order valence-electron chi connectivity index (χ2n) is 8.13. The summed E-state index contributed by atoms with van der Waals surface area (Å²) in [6.45, 7) is 8.94. The molecule has 3 N–H and O–H groups in total. The van der Waals surface area contributed by atoms with E-state index in [9.17, 15) is 19.2 Å². The molecule has 9 nitrogen and oxygen atoms in total. The van der Waals surface area contributed by atoms with Crippen molar-refractivity contribution < 1.29 is 29.0 Å². The topological polar surface area (TPSA) is 125 Å². The predicted molar refractivity (Wildman–Crippen MR) is 98.0 cm³/mol. The number of hydrogen-bond acceptors (Lipinski definition) is 5. The van der Waals surface area contributed by atoms with Crippen LogP contribution in [0, 0.1) is 5.92 Å². The monoisotopic (exact) mass is 385 g/mol. The molecule has 0 unspecified atom stereocenters. The van der Waals surface area contributed by atoms with Crippen LogP contribution in [0.3, 0.4) is 0 Å². The molecule has 1 rings (SSSR count). The lowest BCUT2D eigenvalue weighted by atomic mass is 10.0. The Morgan fingerprint density at radius 2 is 1.85 bits per heavy atom. The molecular formula is C18H31N3O6. The van der Waals surface area contributed by atoms with E-state index in [0.717, 1.165) is 0 Å². The number of likely N-dealkylation sites (tertiary alicyclic amines) is 1. The summed E-state index contributed by atoms with van der Waals surface area (Å²) in [6, 6.07) is -1.57. The van der Waals surface area contributed by atoms with Gasteiger partial charge >= 0.3 is 12.1 Å². The fourth-order valence-corrected chi connectivity index (χ4v) is 2.84. The van der Waals surface area contributed by atoms with Crippen molar-refractivity contribution in [3.8, 4) is 0 Å². The van der Waals surface area contributed by atoms with E-state index in [0.29, 0.717) is 25.8 Å². The summed E-state index contributed by atoms with van der Waals surface area (Å²) in [6.07, 6.45) is 0.945. The largest absolute Gasteiger partial charge is 0.480 e. The van der Waals surface area contributed by atoms with E-state index in [4.69, 9.17) is 9.84 Å². The van der Waals surface area contributed by atoms with Gasteiger partial charge in [0.15, 0.2) is 0 Å². The SMILES string of the molecule is CC(C)C[C@H](NC(=O)[C@@H]1CCCN1C(=O)OC(C)(C)C)C(=O)NCC(=O)O. The highest BCUT2D eigenvalue weighted by Gasteiger charge is 2.38. The molecule has 0 aromatic carbocycles. The van der Waals surface area contributed by atoms with Gasteiger partial charge in [0.2, 0.25) is 11.8 Å². The van der Waals surface area contributed by atoms with Gasteiger partial charge in [0.1, 0.15) is 24.2 Å². The van der Waals surface area contributed by atoms with Crippen molar-refractivity contribution in [3.05, 3.63) is 0 Å². The van der Waals surface area contributed by atoms with Crippen molar-refractivity contribution >= 4 is 23.9 Å². The number of aliphatic carboxylic acids is 1. The van der Waals surface area contributed by atoms with Gasteiger partial charge in [0.25, 0.3) is 0 Å². The normalized spacial score (nSPS) is 18.1. The summed E-state index contributed by atoms with van der Waals surface area (Å²) in [5.74, 6) is -2.04. The van der Waals surface area contributed by atoms with Crippen molar-refractivity contribution in [2.75, 3.05) is 13.1 Å². The van der Waals surface area contributed by atoms with Crippen LogP contribution in [0.1, 0.15) is 53.9 Å². The summed E-state index contributed by atoms with van der Waals surface area (Å²) in [7, 11) is 0. The van der Waals surface area contributed by atoms with Gasteiger partial charge in [-0.25, -0.2) is 4.79 Å². The predicted octanol–water partition coefficient (Wildman–Crippen LogP) is 1.12. The van der Waals surface area contributed by atoms with Gasteiger partial charge in [-0.3, -0.25) is 19.3 Å². The minimum Gasteiger partial charge on any atom is -0.480 e. The zero-order valence-corrected chi connectivity index (χ0v) is 16.7. The lowest BCUT2D eigenvalue weighted by Crippen LogP contribution is -2.54. The first-order valence-corrected chi connectivity index (χ1v) is 9.20. The molecule has 0 saturated carbocycles. The molecule has 0 aliphatic carbocycles. The minimum absolute atomic E-state index is 0.108. The lowest BCUT2D eigenvalue weighted by molar-refractivity contribution is -0.138. The maximum atomic E-state index is 12.7. The van der Waals surface area contributed by atoms with Gasteiger partial charge in [-0.1, -0.05) is 13.8 Å². The fraction of sp³-hybridized carbons (Fsp3) is 0.778. The van der Waals surface area contributed by atoms with Gasteiger partial charge in [0, 0.05) is 6.54 Å². The Hall–Kier alpha value is -2.32. The molecule has 1 saturated heterocycles. The number of amides is 3. The summed E-state index contributed by atoms with van der Waals surface area (Å²) >= 11 is 0. The van der Waals surface area contributed by atoms with Gasteiger partial charge in [-0.2, -0.15) is 0 Å². The molecule has 0 radical (unpaired) electrons. The first-order valence-electron chi connectivity index (χ1n) is 9.20. The summed E-state index contributed by atoms with van der Waals surface area (Å²) < 4.78 is 5.35. The van der Waals surface area contributed by atoms with Crippen molar-refractivity contribution in [2.24, 2.45) is 5.92 Å². The third-order valence-electron chi connectivity index (χ3n) is 3.94. The van der Waals surface area contributed by atoms with Crippen LogP contribution in [0.4, 0.5) is 4.79 Å². The van der Waals surface area contributed by atoms with E-state index in [1.54, 1.807) is 20.8 Å². The van der Waals surface area contributed by atoms with Crippen LogP contribution in [0.2, 0.25) is 0 Å². The molecule has 2 atom stereocenters. The number of rotatable bonds is 7. The van der Waals surface area contributed by atoms with E-state index >= 15 is 0 Å². The number of ether oxygens (including phenoxy) is 1. The number of carbonyl (C=O) groups excluding carboxylic acids is 3. The second-order valence-corrected chi connectivity index (χ2v) is 8.13. The highest BCUT2D eigenvalue weighted by atomic mass is 16.6.